The van der Waals surface area contributed by atoms with E-state index >= 15 is 0 Å². The molecule has 3 heterocycles. The summed E-state index contributed by atoms with van der Waals surface area (Å²) in [5.41, 5.74) is 4.76. The number of rotatable bonds is 6. The zero-order chi connectivity index (χ0) is 21.7. The summed E-state index contributed by atoms with van der Waals surface area (Å²) >= 11 is 0. The van der Waals surface area contributed by atoms with Gasteiger partial charge in [-0.1, -0.05) is 6.07 Å². The molecule has 1 fully saturated rings. The topological polar surface area (TPSA) is 73.6 Å². The fraction of sp³-hybridized carbons (Fsp3) is 0.591. The van der Waals surface area contributed by atoms with Crippen LogP contribution < -0.4 is 15.5 Å². The number of nitrogens with zero attached hydrogens (tertiary/aromatic N) is 6. The molecule has 0 saturated carbocycles. The van der Waals surface area contributed by atoms with Gasteiger partial charge >= 0.3 is 0 Å². The molecule has 3 rings (SSSR count). The summed E-state index contributed by atoms with van der Waals surface area (Å²) in [7, 11) is 5.96. The average Bonchev–Trinajstić information content (AvgIpc) is 2.98. The van der Waals surface area contributed by atoms with Gasteiger partial charge in [-0.3, -0.25) is 9.67 Å². The highest BCUT2D eigenvalue weighted by Gasteiger charge is 2.16. The predicted octanol–water partition coefficient (Wildman–Crippen LogP) is 1.48. The SMILES string of the molecule is CN=C(NCc1ccc(N2CCN(C)CC2)nc1)NC(C)Cc1c(C)nn(C)c1C. The fourth-order valence-electron chi connectivity index (χ4n) is 3.83. The highest BCUT2D eigenvalue weighted by atomic mass is 15.3. The van der Waals surface area contributed by atoms with Crippen molar-refractivity contribution in [2.75, 3.05) is 45.2 Å². The molecule has 0 aliphatic carbocycles. The third-order valence-electron chi connectivity index (χ3n) is 5.87. The molecule has 164 valence electrons. The summed E-state index contributed by atoms with van der Waals surface area (Å²) in [6, 6.07) is 4.51. The van der Waals surface area contributed by atoms with Gasteiger partial charge in [0.15, 0.2) is 5.96 Å². The maximum absolute atomic E-state index is 4.67. The van der Waals surface area contributed by atoms with Crippen molar-refractivity contribution in [3.8, 4) is 0 Å². The van der Waals surface area contributed by atoms with E-state index in [4.69, 9.17) is 0 Å². The molecule has 30 heavy (non-hydrogen) atoms. The highest BCUT2D eigenvalue weighted by Crippen LogP contribution is 2.15. The van der Waals surface area contributed by atoms with Crippen LogP contribution in [0, 0.1) is 13.8 Å². The van der Waals surface area contributed by atoms with Crippen LogP contribution in [-0.2, 0) is 20.0 Å². The molecule has 2 aromatic rings. The molecule has 2 aromatic heterocycles. The summed E-state index contributed by atoms with van der Waals surface area (Å²) in [6.07, 6.45) is 2.87. The van der Waals surface area contributed by atoms with Crippen molar-refractivity contribution >= 4 is 11.8 Å². The Kier molecular flexibility index (Phi) is 7.31. The molecule has 1 unspecified atom stereocenters. The van der Waals surface area contributed by atoms with Gasteiger partial charge in [-0.15, -0.1) is 0 Å². The Hall–Kier alpha value is -2.61. The monoisotopic (exact) mass is 412 g/mol. The Morgan fingerprint density at radius 2 is 1.90 bits per heavy atom. The van der Waals surface area contributed by atoms with Crippen molar-refractivity contribution in [2.24, 2.45) is 12.0 Å². The van der Waals surface area contributed by atoms with Crippen molar-refractivity contribution in [1.29, 1.82) is 0 Å². The Morgan fingerprint density at radius 3 is 2.47 bits per heavy atom. The molecule has 0 bridgehead atoms. The van der Waals surface area contributed by atoms with Crippen molar-refractivity contribution in [1.82, 2.24) is 30.3 Å². The molecule has 0 amide bonds. The van der Waals surface area contributed by atoms with Crippen LogP contribution >= 0.6 is 0 Å². The van der Waals surface area contributed by atoms with Crippen LogP contribution in [0.2, 0.25) is 0 Å². The maximum atomic E-state index is 4.67. The minimum absolute atomic E-state index is 0.246. The van der Waals surface area contributed by atoms with E-state index in [-0.39, 0.29) is 6.04 Å². The molecule has 1 aliphatic heterocycles. The van der Waals surface area contributed by atoms with Crippen LogP contribution in [-0.4, -0.2) is 71.9 Å². The van der Waals surface area contributed by atoms with E-state index in [1.165, 1.54) is 11.3 Å². The number of hydrogen-bond donors (Lipinski definition) is 2. The van der Waals surface area contributed by atoms with E-state index in [1.54, 1.807) is 7.05 Å². The number of pyridine rings is 1. The summed E-state index contributed by atoms with van der Waals surface area (Å²) in [5, 5.41) is 11.4. The number of guanidine groups is 1. The highest BCUT2D eigenvalue weighted by molar-refractivity contribution is 5.79. The predicted molar refractivity (Wildman–Crippen MR) is 123 cm³/mol. The van der Waals surface area contributed by atoms with Gasteiger partial charge in [-0.2, -0.15) is 5.10 Å². The van der Waals surface area contributed by atoms with Crippen LogP contribution in [0.4, 0.5) is 5.82 Å². The van der Waals surface area contributed by atoms with Gasteiger partial charge < -0.3 is 20.4 Å². The lowest BCUT2D eigenvalue weighted by Gasteiger charge is -2.33. The van der Waals surface area contributed by atoms with Crippen molar-refractivity contribution in [3.63, 3.8) is 0 Å². The van der Waals surface area contributed by atoms with E-state index in [0.29, 0.717) is 6.54 Å². The van der Waals surface area contributed by atoms with E-state index in [9.17, 15) is 0 Å². The first kappa shape index (κ1) is 22.1. The smallest absolute Gasteiger partial charge is 0.191 e. The van der Waals surface area contributed by atoms with Crippen LogP contribution in [0.15, 0.2) is 23.3 Å². The van der Waals surface area contributed by atoms with E-state index in [1.807, 2.05) is 17.9 Å². The maximum Gasteiger partial charge on any atom is 0.191 e. The molecule has 0 spiro atoms. The Bertz CT molecular complexity index is 847. The minimum Gasteiger partial charge on any atom is -0.354 e. The van der Waals surface area contributed by atoms with Crippen molar-refractivity contribution < 1.29 is 0 Å². The quantitative estimate of drug-likeness (QED) is 0.553. The molecule has 0 aromatic carbocycles. The normalized spacial score (nSPS) is 16.6. The summed E-state index contributed by atoms with van der Waals surface area (Å²) in [6.45, 7) is 11.3. The lowest BCUT2D eigenvalue weighted by atomic mass is 10.1. The number of likely N-dealkylation sites (N-methyl/N-ethyl adjacent to an activating group) is 1. The molecule has 1 aliphatic rings. The minimum atomic E-state index is 0.246. The molecule has 1 saturated heterocycles. The second-order valence-electron chi connectivity index (χ2n) is 8.26. The molecule has 2 N–H and O–H groups in total. The van der Waals surface area contributed by atoms with Crippen LogP contribution in [0.1, 0.15) is 29.4 Å². The number of aromatic nitrogens is 3. The zero-order valence-electron chi connectivity index (χ0n) is 19.2. The third kappa shape index (κ3) is 5.50. The average molecular weight is 413 g/mol. The molecule has 0 radical (unpaired) electrons. The Labute approximate surface area is 180 Å². The van der Waals surface area contributed by atoms with Gasteiger partial charge in [0.05, 0.1) is 5.69 Å². The first-order valence-corrected chi connectivity index (χ1v) is 10.7. The molecule has 8 nitrogen and oxygen atoms in total. The van der Waals surface area contributed by atoms with Gasteiger partial charge in [0.1, 0.15) is 5.82 Å². The molecular formula is C22H36N8. The summed E-state index contributed by atoms with van der Waals surface area (Å²) in [5.74, 6) is 1.86. The van der Waals surface area contributed by atoms with E-state index in [0.717, 1.165) is 55.6 Å². The van der Waals surface area contributed by atoms with Gasteiger partial charge in [-0.05, 0) is 51.4 Å². The van der Waals surface area contributed by atoms with Crippen molar-refractivity contribution in [3.05, 3.63) is 40.8 Å². The van der Waals surface area contributed by atoms with Crippen LogP contribution in [0.3, 0.4) is 0 Å². The van der Waals surface area contributed by atoms with E-state index in [2.05, 4.69) is 75.5 Å². The lowest BCUT2D eigenvalue weighted by molar-refractivity contribution is 0.312. The van der Waals surface area contributed by atoms with Crippen LogP contribution in [0.25, 0.3) is 0 Å². The molecular weight excluding hydrogens is 376 g/mol. The van der Waals surface area contributed by atoms with Gasteiger partial charge in [0.25, 0.3) is 0 Å². The number of piperazine rings is 1. The van der Waals surface area contributed by atoms with Gasteiger partial charge in [0.2, 0.25) is 0 Å². The summed E-state index contributed by atoms with van der Waals surface area (Å²) < 4.78 is 1.95. The number of aryl methyl sites for hydroxylation is 2. The first-order chi connectivity index (χ1) is 14.4. The largest absolute Gasteiger partial charge is 0.354 e. The molecule has 8 heteroatoms. The number of anilines is 1. The fourth-order valence-corrected chi connectivity index (χ4v) is 3.83. The van der Waals surface area contributed by atoms with Crippen molar-refractivity contribution in [2.45, 2.75) is 39.8 Å². The second kappa shape index (κ2) is 9.93. The lowest BCUT2D eigenvalue weighted by Crippen LogP contribution is -2.44. The standard InChI is InChI=1S/C22H36N8/c1-16(13-20-17(2)27-29(6)18(20)3)26-22(23-4)25-15-19-7-8-21(24-14-19)30-11-9-28(5)10-12-30/h7-8,14,16H,9-13,15H2,1-6H3,(H2,23,25,26). The Morgan fingerprint density at radius 1 is 1.17 bits per heavy atom. The number of nitrogens with one attached hydrogen (secondary N) is 2. The number of aliphatic imine (C=N–C) groups is 1. The first-order valence-electron chi connectivity index (χ1n) is 10.7. The zero-order valence-corrected chi connectivity index (χ0v) is 19.2. The third-order valence-corrected chi connectivity index (χ3v) is 5.87. The van der Waals surface area contributed by atoms with Crippen LogP contribution in [0.5, 0.6) is 0 Å². The van der Waals surface area contributed by atoms with Gasteiger partial charge in [0, 0.05) is 64.8 Å². The van der Waals surface area contributed by atoms with E-state index < -0.39 is 0 Å². The van der Waals surface area contributed by atoms with Gasteiger partial charge in [-0.25, -0.2) is 4.98 Å². The Balaban J connectivity index is 1.50. The second-order valence-corrected chi connectivity index (χ2v) is 8.26. The molecule has 1 atom stereocenters. The number of hydrogen-bond acceptors (Lipinski definition) is 5. The summed E-state index contributed by atoms with van der Waals surface area (Å²) in [4.78, 5) is 13.7.